The van der Waals surface area contributed by atoms with Crippen LogP contribution < -0.4 is 22.9 Å². The van der Waals surface area contributed by atoms with E-state index in [1.54, 1.807) is 24.3 Å². The number of hydrogen-bond donors (Lipinski definition) is 4. The summed E-state index contributed by atoms with van der Waals surface area (Å²) in [5.74, 6) is 2.00. The highest BCUT2D eigenvalue weighted by Gasteiger charge is 2.14. The molecular weight excluding hydrogens is 524 g/mol. The molecule has 10 heteroatoms. The first-order valence-electron chi connectivity index (χ1n) is 13.8. The van der Waals surface area contributed by atoms with Gasteiger partial charge >= 0.3 is 0 Å². The zero-order valence-electron chi connectivity index (χ0n) is 23.5. The van der Waals surface area contributed by atoms with E-state index in [0.717, 1.165) is 22.8 Å². The summed E-state index contributed by atoms with van der Waals surface area (Å²) in [6.45, 7) is 3.82. The number of benzene rings is 1. The lowest BCUT2D eigenvalue weighted by molar-refractivity contribution is 0.238. The van der Waals surface area contributed by atoms with Crippen molar-refractivity contribution in [2.75, 3.05) is 22.9 Å². The summed E-state index contributed by atoms with van der Waals surface area (Å²) in [4.78, 5) is 22.6. The molecule has 0 unspecified atom stereocenters. The van der Waals surface area contributed by atoms with E-state index in [0.29, 0.717) is 62.5 Å². The van der Waals surface area contributed by atoms with Gasteiger partial charge < -0.3 is 22.9 Å². The number of nitrogen functional groups attached to an aromatic ring is 4. The molecule has 10 nitrogen and oxygen atoms in total. The first kappa shape index (κ1) is 28.5. The van der Waals surface area contributed by atoms with E-state index in [1.807, 2.05) is 48.5 Å². The third-order valence-electron chi connectivity index (χ3n) is 6.66. The fourth-order valence-corrected chi connectivity index (χ4v) is 4.94. The molecule has 214 valence electrons. The number of pyridine rings is 4. The van der Waals surface area contributed by atoms with Gasteiger partial charge in [-0.3, -0.25) is 9.80 Å². The Balaban J connectivity index is 1.36. The first-order chi connectivity index (χ1) is 20.4. The predicted molar refractivity (Wildman–Crippen MR) is 167 cm³/mol. The fourth-order valence-electron chi connectivity index (χ4n) is 4.94. The highest BCUT2D eigenvalue weighted by molar-refractivity contribution is 5.32. The summed E-state index contributed by atoms with van der Waals surface area (Å²) in [6.07, 6.45) is 0. The molecule has 8 N–H and O–H groups in total. The zero-order valence-corrected chi connectivity index (χ0v) is 23.5. The maximum absolute atomic E-state index is 5.97. The Kier molecular flexibility index (Phi) is 9.17. The topological polar surface area (TPSA) is 162 Å². The van der Waals surface area contributed by atoms with Crippen LogP contribution in [-0.2, 0) is 39.3 Å². The Morgan fingerprint density at radius 3 is 0.952 bits per heavy atom. The SMILES string of the molecule is Nc1cccc(CN(Cc2cccc(CN(Cc3cccc(N)n3)Cc3cccc(N)n3)c2)Cc2cccc(N)n2)n1. The van der Waals surface area contributed by atoms with Crippen molar-refractivity contribution >= 4 is 23.3 Å². The van der Waals surface area contributed by atoms with Gasteiger partial charge in [-0.05, 0) is 59.7 Å². The molecule has 0 radical (unpaired) electrons. The third kappa shape index (κ3) is 8.47. The van der Waals surface area contributed by atoms with Crippen LogP contribution in [0.2, 0.25) is 0 Å². The van der Waals surface area contributed by atoms with Crippen LogP contribution >= 0.6 is 0 Å². The van der Waals surface area contributed by atoms with Crippen molar-refractivity contribution in [3.05, 3.63) is 131 Å². The Morgan fingerprint density at radius 2 is 0.667 bits per heavy atom. The average Bonchev–Trinajstić information content (AvgIpc) is 2.93. The second kappa shape index (κ2) is 13.5. The molecule has 0 aliphatic carbocycles. The molecule has 42 heavy (non-hydrogen) atoms. The molecule has 0 fully saturated rings. The molecule has 5 aromatic rings. The Labute approximate surface area is 246 Å². The van der Waals surface area contributed by atoms with Gasteiger partial charge in [-0.25, -0.2) is 19.9 Å². The lowest BCUT2D eigenvalue weighted by Crippen LogP contribution is -2.25. The van der Waals surface area contributed by atoms with Gasteiger partial charge in [0.15, 0.2) is 0 Å². The molecule has 1 aromatic carbocycles. The summed E-state index contributed by atoms with van der Waals surface area (Å²) >= 11 is 0. The van der Waals surface area contributed by atoms with Crippen LogP contribution in [0, 0.1) is 0 Å². The van der Waals surface area contributed by atoms with Crippen LogP contribution in [0.1, 0.15) is 33.9 Å². The fraction of sp³-hybridized carbons (Fsp3) is 0.188. The largest absolute Gasteiger partial charge is 0.384 e. The van der Waals surface area contributed by atoms with Crippen molar-refractivity contribution in [2.45, 2.75) is 39.3 Å². The molecule has 0 atom stereocenters. The van der Waals surface area contributed by atoms with Crippen LogP contribution in [0.3, 0.4) is 0 Å². The molecule has 5 rings (SSSR count). The third-order valence-corrected chi connectivity index (χ3v) is 6.66. The van der Waals surface area contributed by atoms with E-state index < -0.39 is 0 Å². The molecular formula is C32H36N10. The number of aromatic nitrogens is 4. The number of rotatable bonds is 12. The monoisotopic (exact) mass is 560 g/mol. The number of nitrogens with two attached hydrogens (primary N) is 4. The maximum Gasteiger partial charge on any atom is 0.123 e. The lowest BCUT2D eigenvalue weighted by atomic mass is 10.1. The van der Waals surface area contributed by atoms with Gasteiger partial charge in [0.2, 0.25) is 0 Å². The standard InChI is InChI=1S/C32H36N10/c33-29-12-2-8-25(37-29)19-41(20-26-9-3-13-30(34)38-26)17-23-6-1-7-24(16-23)18-42(21-27-10-4-14-31(35)39-27)22-28-11-5-15-32(36)40-28/h1-16H,17-22H2,(H2,33,37)(H2,34,38)(H2,35,39)(H2,36,40). The van der Waals surface area contributed by atoms with Gasteiger partial charge in [-0.15, -0.1) is 0 Å². The molecule has 4 aromatic heterocycles. The van der Waals surface area contributed by atoms with Gasteiger partial charge in [0.25, 0.3) is 0 Å². The van der Waals surface area contributed by atoms with Crippen LogP contribution in [0.15, 0.2) is 97.1 Å². The molecule has 0 bridgehead atoms. The van der Waals surface area contributed by atoms with Crippen molar-refractivity contribution in [3.8, 4) is 0 Å². The summed E-state index contributed by atoms with van der Waals surface area (Å²) in [6, 6.07) is 31.4. The van der Waals surface area contributed by atoms with Crippen LogP contribution in [0.5, 0.6) is 0 Å². The van der Waals surface area contributed by atoms with Gasteiger partial charge in [0, 0.05) is 39.3 Å². The summed E-state index contributed by atoms with van der Waals surface area (Å²) in [5.41, 5.74) is 29.8. The molecule has 0 spiro atoms. The first-order valence-corrected chi connectivity index (χ1v) is 13.8. The lowest BCUT2D eigenvalue weighted by Gasteiger charge is -2.24. The molecule has 4 heterocycles. The van der Waals surface area contributed by atoms with Gasteiger partial charge in [0.1, 0.15) is 23.3 Å². The van der Waals surface area contributed by atoms with Crippen molar-refractivity contribution in [1.29, 1.82) is 0 Å². The Bertz CT molecular complexity index is 1410. The van der Waals surface area contributed by atoms with Crippen molar-refractivity contribution < 1.29 is 0 Å². The van der Waals surface area contributed by atoms with Gasteiger partial charge in [-0.2, -0.15) is 0 Å². The second-order valence-corrected chi connectivity index (χ2v) is 10.3. The van der Waals surface area contributed by atoms with Crippen molar-refractivity contribution in [1.82, 2.24) is 29.7 Å². The van der Waals surface area contributed by atoms with Gasteiger partial charge in [-0.1, -0.05) is 48.5 Å². The summed E-state index contributed by atoms with van der Waals surface area (Å²) in [7, 11) is 0. The minimum absolute atomic E-state index is 0.501. The Morgan fingerprint density at radius 1 is 0.381 bits per heavy atom. The van der Waals surface area contributed by atoms with Crippen LogP contribution in [0.25, 0.3) is 0 Å². The van der Waals surface area contributed by atoms with E-state index in [-0.39, 0.29) is 0 Å². The minimum Gasteiger partial charge on any atom is -0.384 e. The molecule has 0 aliphatic rings. The maximum atomic E-state index is 5.97. The van der Waals surface area contributed by atoms with Crippen molar-refractivity contribution in [2.24, 2.45) is 0 Å². The second-order valence-electron chi connectivity index (χ2n) is 10.3. The highest BCUT2D eigenvalue weighted by Crippen LogP contribution is 2.18. The highest BCUT2D eigenvalue weighted by atomic mass is 15.1. The van der Waals surface area contributed by atoms with Crippen molar-refractivity contribution in [3.63, 3.8) is 0 Å². The smallest absolute Gasteiger partial charge is 0.123 e. The number of anilines is 4. The van der Waals surface area contributed by atoms with E-state index >= 15 is 0 Å². The van der Waals surface area contributed by atoms with E-state index in [1.165, 1.54) is 11.1 Å². The van der Waals surface area contributed by atoms with Crippen LogP contribution in [-0.4, -0.2) is 29.7 Å². The molecule has 0 aliphatic heterocycles. The normalized spacial score (nSPS) is 11.3. The summed E-state index contributed by atoms with van der Waals surface area (Å²) < 4.78 is 0. The van der Waals surface area contributed by atoms with E-state index in [4.69, 9.17) is 22.9 Å². The molecule has 0 amide bonds. The van der Waals surface area contributed by atoms with E-state index in [2.05, 4.69) is 54.0 Å². The minimum atomic E-state index is 0.501. The summed E-state index contributed by atoms with van der Waals surface area (Å²) in [5, 5.41) is 0. The molecule has 0 saturated carbocycles. The quantitative estimate of drug-likeness (QED) is 0.175. The van der Waals surface area contributed by atoms with Gasteiger partial charge in [0.05, 0.1) is 22.8 Å². The average molecular weight is 561 g/mol. The zero-order chi connectivity index (χ0) is 29.3. The number of hydrogen-bond acceptors (Lipinski definition) is 10. The van der Waals surface area contributed by atoms with Crippen LogP contribution in [0.4, 0.5) is 23.3 Å². The predicted octanol–water partition coefficient (Wildman–Crippen LogP) is 4.00. The Hall–Kier alpha value is -5.06. The number of nitrogens with zero attached hydrogens (tertiary/aromatic N) is 6. The molecule has 0 saturated heterocycles. The van der Waals surface area contributed by atoms with E-state index in [9.17, 15) is 0 Å².